The molecule has 4 heteroatoms. The van der Waals surface area contributed by atoms with Gasteiger partial charge in [-0.25, -0.2) is 4.98 Å². The highest BCUT2D eigenvalue weighted by molar-refractivity contribution is 5.04. The number of rotatable bonds is 1. The summed E-state index contributed by atoms with van der Waals surface area (Å²) in [6, 6.07) is 0.374. The van der Waals surface area contributed by atoms with Crippen LogP contribution >= 0.6 is 0 Å². The molecule has 1 heterocycles. The fraction of sp³-hybridized carbons (Fsp3) is 0.714. The van der Waals surface area contributed by atoms with Gasteiger partial charge in [0.25, 0.3) is 0 Å². The topological polar surface area (TPSA) is 67.6 Å². The van der Waals surface area contributed by atoms with Crippen LogP contribution in [0.3, 0.4) is 0 Å². The Bertz CT molecular complexity index is 249. The van der Waals surface area contributed by atoms with Gasteiger partial charge in [0.15, 0.2) is 5.82 Å². The van der Waals surface area contributed by atoms with Crippen molar-refractivity contribution in [2.75, 3.05) is 0 Å². The molecule has 11 heavy (non-hydrogen) atoms. The third-order valence-electron chi connectivity index (χ3n) is 2.15. The molecule has 1 saturated carbocycles. The molecule has 1 aromatic rings. The summed E-state index contributed by atoms with van der Waals surface area (Å²) in [5.41, 5.74) is 5.65. The lowest BCUT2D eigenvalue weighted by Crippen LogP contribution is -2.35. The first-order valence-electron chi connectivity index (χ1n) is 3.90. The molecule has 60 valence electrons. The van der Waals surface area contributed by atoms with Gasteiger partial charge in [0.1, 0.15) is 5.82 Å². The summed E-state index contributed by atoms with van der Waals surface area (Å²) in [6.07, 6.45) is 2.08. The summed E-state index contributed by atoms with van der Waals surface area (Å²) in [5.74, 6) is 2.33. The molecule has 0 spiro atoms. The predicted molar refractivity (Wildman–Crippen MR) is 41.1 cm³/mol. The third kappa shape index (κ3) is 1.14. The Balaban J connectivity index is 2.07. The van der Waals surface area contributed by atoms with Crippen LogP contribution in [0.5, 0.6) is 0 Å². The number of aromatic nitrogens is 3. The van der Waals surface area contributed by atoms with Crippen molar-refractivity contribution in [1.82, 2.24) is 15.2 Å². The summed E-state index contributed by atoms with van der Waals surface area (Å²) in [4.78, 5) is 4.24. The lowest BCUT2D eigenvalue weighted by Gasteiger charge is -2.29. The summed E-state index contributed by atoms with van der Waals surface area (Å²) < 4.78 is 0. The monoisotopic (exact) mass is 152 g/mol. The molecule has 0 radical (unpaired) electrons. The van der Waals surface area contributed by atoms with Gasteiger partial charge in [0, 0.05) is 12.0 Å². The lowest BCUT2D eigenvalue weighted by molar-refractivity contribution is 0.339. The van der Waals surface area contributed by atoms with Crippen molar-refractivity contribution in [2.24, 2.45) is 5.73 Å². The lowest BCUT2D eigenvalue weighted by atomic mass is 9.80. The zero-order chi connectivity index (χ0) is 7.84. The number of nitrogens with two attached hydrogens (primary N) is 1. The first-order valence-corrected chi connectivity index (χ1v) is 3.90. The molecule has 3 N–H and O–H groups in total. The number of nitrogens with one attached hydrogen (secondary N) is 1. The smallest absolute Gasteiger partial charge is 0.153 e. The molecule has 4 nitrogen and oxygen atoms in total. The van der Waals surface area contributed by atoms with E-state index in [4.69, 9.17) is 5.73 Å². The van der Waals surface area contributed by atoms with Crippen LogP contribution < -0.4 is 5.73 Å². The van der Waals surface area contributed by atoms with E-state index in [2.05, 4.69) is 15.2 Å². The average Bonchev–Trinajstić information content (AvgIpc) is 2.29. The van der Waals surface area contributed by atoms with Gasteiger partial charge in [-0.3, -0.25) is 5.10 Å². The average molecular weight is 152 g/mol. The molecule has 0 bridgehead atoms. The van der Waals surface area contributed by atoms with Crippen LogP contribution in [0.15, 0.2) is 0 Å². The Morgan fingerprint density at radius 3 is 2.73 bits per heavy atom. The normalized spacial score (nSPS) is 30.0. The second-order valence-electron chi connectivity index (χ2n) is 3.21. The van der Waals surface area contributed by atoms with Crippen molar-refractivity contribution in [1.29, 1.82) is 0 Å². The largest absolute Gasteiger partial charge is 0.328 e. The van der Waals surface area contributed by atoms with Gasteiger partial charge in [-0.05, 0) is 19.8 Å². The van der Waals surface area contributed by atoms with Gasteiger partial charge in [0.2, 0.25) is 0 Å². The van der Waals surface area contributed by atoms with Gasteiger partial charge in [-0.15, -0.1) is 0 Å². The van der Waals surface area contributed by atoms with Gasteiger partial charge in [0.05, 0.1) is 0 Å². The molecule has 0 amide bonds. The minimum absolute atomic E-state index is 0.374. The predicted octanol–water partition coefficient (Wildman–Crippen LogP) is 0.318. The first kappa shape index (κ1) is 6.79. The van der Waals surface area contributed by atoms with Crippen molar-refractivity contribution in [3.8, 4) is 0 Å². The second-order valence-corrected chi connectivity index (χ2v) is 3.21. The molecule has 1 aliphatic rings. The number of nitrogens with zero attached hydrogens (tertiary/aromatic N) is 2. The molecular formula is C7H12N4. The van der Waals surface area contributed by atoms with Gasteiger partial charge < -0.3 is 5.73 Å². The first-order chi connectivity index (χ1) is 5.25. The van der Waals surface area contributed by atoms with E-state index in [0.29, 0.717) is 12.0 Å². The van der Waals surface area contributed by atoms with Crippen molar-refractivity contribution < 1.29 is 0 Å². The number of H-pyrrole nitrogens is 1. The Morgan fingerprint density at radius 1 is 1.55 bits per heavy atom. The van der Waals surface area contributed by atoms with Crippen LogP contribution in [0.4, 0.5) is 0 Å². The van der Waals surface area contributed by atoms with E-state index < -0.39 is 0 Å². The molecule has 2 rings (SSSR count). The maximum atomic E-state index is 5.65. The molecule has 1 aromatic heterocycles. The van der Waals surface area contributed by atoms with Crippen LogP contribution in [0.1, 0.15) is 30.4 Å². The molecule has 1 aliphatic carbocycles. The maximum absolute atomic E-state index is 5.65. The molecular weight excluding hydrogens is 140 g/mol. The van der Waals surface area contributed by atoms with Crippen molar-refractivity contribution in [3.63, 3.8) is 0 Å². The molecule has 0 saturated heterocycles. The number of hydrogen-bond acceptors (Lipinski definition) is 3. The number of hydrogen-bond donors (Lipinski definition) is 2. The zero-order valence-electron chi connectivity index (χ0n) is 6.54. The maximum Gasteiger partial charge on any atom is 0.153 e. The summed E-state index contributed by atoms with van der Waals surface area (Å²) >= 11 is 0. The minimum Gasteiger partial charge on any atom is -0.328 e. The van der Waals surface area contributed by atoms with Crippen molar-refractivity contribution in [2.45, 2.75) is 31.7 Å². The minimum atomic E-state index is 0.374. The van der Waals surface area contributed by atoms with Crippen LogP contribution in [0.25, 0.3) is 0 Å². The highest BCUT2D eigenvalue weighted by Crippen LogP contribution is 2.33. The third-order valence-corrected chi connectivity index (χ3v) is 2.15. The molecule has 1 fully saturated rings. The fourth-order valence-corrected chi connectivity index (χ4v) is 1.42. The van der Waals surface area contributed by atoms with E-state index in [0.717, 1.165) is 24.5 Å². The van der Waals surface area contributed by atoms with Crippen LogP contribution in [-0.4, -0.2) is 21.2 Å². The van der Waals surface area contributed by atoms with Gasteiger partial charge in [-0.1, -0.05) is 0 Å². The van der Waals surface area contributed by atoms with E-state index in [9.17, 15) is 0 Å². The Morgan fingerprint density at radius 2 is 2.27 bits per heavy atom. The fourth-order valence-electron chi connectivity index (χ4n) is 1.42. The highest BCUT2D eigenvalue weighted by atomic mass is 15.2. The summed E-state index contributed by atoms with van der Waals surface area (Å²) in [6.45, 7) is 1.91. The van der Waals surface area contributed by atoms with Crippen LogP contribution in [0, 0.1) is 6.92 Å². The van der Waals surface area contributed by atoms with Crippen molar-refractivity contribution in [3.05, 3.63) is 11.6 Å². The van der Waals surface area contributed by atoms with Gasteiger partial charge in [-0.2, -0.15) is 5.10 Å². The van der Waals surface area contributed by atoms with Crippen LogP contribution in [-0.2, 0) is 0 Å². The zero-order valence-corrected chi connectivity index (χ0v) is 6.54. The molecule has 0 atom stereocenters. The van der Waals surface area contributed by atoms with Crippen LogP contribution in [0.2, 0.25) is 0 Å². The Hall–Kier alpha value is -0.900. The SMILES string of the molecule is Cc1nc(C2CC(N)C2)n[nH]1. The van der Waals surface area contributed by atoms with Gasteiger partial charge >= 0.3 is 0 Å². The molecule has 0 aromatic carbocycles. The Labute approximate surface area is 65.2 Å². The van der Waals surface area contributed by atoms with E-state index in [1.165, 1.54) is 0 Å². The highest BCUT2D eigenvalue weighted by Gasteiger charge is 2.29. The Kier molecular flexibility index (Phi) is 1.42. The summed E-state index contributed by atoms with van der Waals surface area (Å²) in [5, 5.41) is 6.91. The van der Waals surface area contributed by atoms with E-state index >= 15 is 0 Å². The second kappa shape index (κ2) is 2.30. The summed E-state index contributed by atoms with van der Waals surface area (Å²) in [7, 11) is 0. The standard InChI is InChI=1S/C7H12N4/c1-4-9-7(11-10-4)5-2-6(8)3-5/h5-6H,2-3,8H2,1H3,(H,9,10,11). The molecule has 0 unspecified atom stereocenters. The number of aromatic amines is 1. The van der Waals surface area contributed by atoms with E-state index in [1.54, 1.807) is 0 Å². The number of aryl methyl sites for hydroxylation is 1. The van der Waals surface area contributed by atoms with Crippen molar-refractivity contribution >= 4 is 0 Å². The van der Waals surface area contributed by atoms with E-state index in [-0.39, 0.29) is 0 Å². The molecule has 0 aliphatic heterocycles. The quantitative estimate of drug-likeness (QED) is 0.609. The van der Waals surface area contributed by atoms with E-state index in [1.807, 2.05) is 6.92 Å².